The van der Waals surface area contributed by atoms with E-state index in [1.54, 1.807) is 0 Å². The predicted molar refractivity (Wildman–Crippen MR) is 190 cm³/mol. The number of ether oxygens (including phenoxy) is 8. The summed E-state index contributed by atoms with van der Waals surface area (Å²) in [4.78, 5) is 47.8. The average Bonchev–Trinajstić information content (AvgIpc) is 3.20. The maximum Gasteiger partial charge on any atom is 0.364 e. The van der Waals surface area contributed by atoms with Crippen LogP contribution in [0.1, 0.15) is 25.8 Å². The van der Waals surface area contributed by atoms with Crippen LogP contribution < -0.4 is 20.1 Å². The molecule has 3 aliphatic rings. The number of rotatable bonds is 18. The fourth-order valence-electron chi connectivity index (χ4n) is 6.95. The molecule has 3 saturated heterocycles. The Bertz CT molecular complexity index is 1660. The van der Waals surface area contributed by atoms with Crippen molar-refractivity contribution in [2.75, 3.05) is 34.0 Å². The first kappa shape index (κ1) is 48.7. The van der Waals surface area contributed by atoms with Crippen LogP contribution in [0.3, 0.4) is 0 Å². The zero-order valence-electron chi connectivity index (χ0n) is 32.6. The molecule has 0 bridgehead atoms. The number of nitrogens with zero attached hydrogens (tertiary/aromatic N) is 1. The molecular weight excluding hydrogens is 818 g/mol. The molecule has 3 fully saturated rings. The minimum atomic E-state index is -2.90. The molecule has 26 nitrogen and oxygen atoms in total. The van der Waals surface area contributed by atoms with Gasteiger partial charge in [-0.05, 0) is 6.07 Å². The number of hydrogen-bond donors (Lipinski definition) is 12. The topological polar surface area (TPSA) is 395 Å². The number of carbonyl (C=O) groups excluding carboxylic acids is 2. The molecule has 26 heteroatoms. The first-order chi connectivity index (χ1) is 28.2. The number of benzene rings is 1. The summed E-state index contributed by atoms with van der Waals surface area (Å²) in [5.74, 6) is -6.15. The van der Waals surface area contributed by atoms with Crippen molar-refractivity contribution in [1.29, 1.82) is 0 Å². The summed E-state index contributed by atoms with van der Waals surface area (Å²) in [6.07, 6.45) is -25.7. The van der Waals surface area contributed by atoms with E-state index < -0.39 is 159 Å². The van der Waals surface area contributed by atoms with Crippen molar-refractivity contribution in [3.05, 3.63) is 27.8 Å². The van der Waals surface area contributed by atoms with Crippen LogP contribution in [0.4, 0.5) is 5.69 Å². The lowest BCUT2D eigenvalue weighted by atomic mass is 9.88. The van der Waals surface area contributed by atoms with Gasteiger partial charge in [-0.15, -0.1) is 0 Å². The predicted octanol–water partition coefficient (Wildman–Crippen LogP) is -5.93. The molecule has 1 aromatic rings. The Morgan fingerprint density at radius 2 is 1.50 bits per heavy atom. The fourth-order valence-corrected chi connectivity index (χ4v) is 6.95. The van der Waals surface area contributed by atoms with E-state index in [0.29, 0.717) is 0 Å². The Morgan fingerprint density at radius 3 is 2.05 bits per heavy atom. The van der Waals surface area contributed by atoms with E-state index in [1.807, 2.05) is 0 Å². The van der Waals surface area contributed by atoms with Crippen LogP contribution >= 0.6 is 0 Å². The quantitative estimate of drug-likeness (QED) is 0.0483. The van der Waals surface area contributed by atoms with Crippen LogP contribution in [-0.2, 0) is 49.4 Å². The van der Waals surface area contributed by atoms with Crippen molar-refractivity contribution in [3.63, 3.8) is 0 Å². The number of carboxylic acids is 1. The first-order valence-electron chi connectivity index (χ1n) is 18.3. The van der Waals surface area contributed by atoms with Gasteiger partial charge in [0, 0.05) is 20.3 Å². The van der Waals surface area contributed by atoms with E-state index in [-0.39, 0.29) is 17.1 Å². The summed E-state index contributed by atoms with van der Waals surface area (Å²) >= 11 is 0. The Morgan fingerprint density at radius 1 is 0.900 bits per heavy atom. The van der Waals surface area contributed by atoms with Crippen LogP contribution in [0.5, 0.6) is 11.5 Å². The van der Waals surface area contributed by atoms with Gasteiger partial charge in [-0.3, -0.25) is 19.7 Å². The number of nitro groups is 1. The Hall–Kier alpha value is -3.97. The van der Waals surface area contributed by atoms with Crippen LogP contribution in [0.2, 0.25) is 0 Å². The number of methoxy groups -OCH3 is 2. The molecule has 340 valence electrons. The molecule has 12 N–H and O–H groups in total. The number of amides is 2. The van der Waals surface area contributed by atoms with Gasteiger partial charge in [0.25, 0.3) is 11.5 Å². The van der Waals surface area contributed by atoms with Crippen LogP contribution in [0.15, 0.2) is 12.1 Å². The number of carboxylic acid groups (broad SMARTS) is 1. The van der Waals surface area contributed by atoms with Crippen molar-refractivity contribution < 1.29 is 108 Å². The SMILES string of the molecule is COc1cc(CO[C@@H]2O[C@H](CO)[C@@H](O[C@@H]3O[C@H](CO[C@]4(C(=O)O)C[C@H](O)[C@@H](NC(C)=O)[C@H]([C@H](O)[C@H](O)CO)O4)[C@H](O)[C@H](O)[C@H]3O)[C@H](O)[C@H]2NC(C)=O)c([N+](=O)[O-])cc1OC. The molecule has 60 heavy (non-hydrogen) atoms. The second kappa shape index (κ2) is 20.7. The summed E-state index contributed by atoms with van der Waals surface area (Å²) in [6.45, 7) is -1.46. The molecule has 4 rings (SSSR count). The highest BCUT2D eigenvalue weighted by atomic mass is 16.8. The van der Waals surface area contributed by atoms with Crippen molar-refractivity contribution >= 4 is 23.5 Å². The molecule has 0 radical (unpaired) electrons. The second-order valence-electron chi connectivity index (χ2n) is 14.2. The highest BCUT2D eigenvalue weighted by Gasteiger charge is 2.57. The average molecular weight is 870 g/mol. The summed E-state index contributed by atoms with van der Waals surface area (Å²) in [5.41, 5.74) is -0.495. The number of nitro benzene ring substituents is 1. The molecule has 16 atom stereocenters. The van der Waals surface area contributed by atoms with E-state index in [1.165, 1.54) is 20.3 Å². The summed E-state index contributed by atoms with van der Waals surface area (Å²) in [5, 5.41) is 122. The Kier molecular flexibility index (Phi) is 16.8. The number of aliphatic hydroxyl groups is 9. The van der Waals surface area contributed by atoms with Crippen molar-refractivity contribution in [2.24, 2.45) is 0 Å². The molecular formula is C34H51N3O23. The molecule has 3 aliphatic heterocycles. The van der Waals surface area contributed by atoms with Gasteiger partial charge in [0.2, 0.25) is 11.8 Å². The van der Waals surface area contributed by atoms with Gasteiger partial charge in [-0.2, -0.15) is 0 Å². The highest BCUT2D eigenvalue weighted by molar-refractivity contribution is 5.76. The lowest BCUT2D eigenvalue weighted by molar-refractivity contribution is -0.386. The van der Waals surface area contributed by atoms with Crippen molar-refractivity contribution in [2.45, 2.75) is 124 Å². The maximum absolute atomic E-state index is 12.6. The van der Waals surface area contributed by atoms with Gasteiger partial charge in [0.1, 0.15) is 67.1 Å². The van der Waals surface area contributed by atoms with Crippen molar-refractivity contribution in [1.82, 2.24) is 10.6 Å². The summed E-state index contributed by atoms with van der Waals surface area (Å²) in [7, 11) is 2.56. The van der Waals surface area contributed by atoms with Crippen LogP contribution in [0.25, 0.3) is 0 Å². The number of nitrogens with one attached hydrogen (secondary N) is 2. The lowest BCUT2D eigenvalue weighted by Crippen LogP contribution is -2.69. The molecule has 0 unspecified atom stereocenters. The standard InChI is InChI=1S/C34H51N3O23/c1-12(40)35-22-16(42)7-34(33(49)50,60-30(22)24(44)17(43)8-38)56-11-21-25(45)27(47)28(48)32(58-21)59-29-20(9-39)57-31(23(26(29)46)36-13(2)41)55-10-14-5-18(53-3)19(54-4)6-15(14)37(51)52/h5-6,16-17,20-32,38-39,42-48H,7-11H2,1-4H3,(H,35,40)(H,36,41)(H,49,50)/t16-,17+,20+,21+,22+,23+,24+,25-,26+,27-,28+,29+,30+,31+,32-,34+/m0/s1. The van der Waals surface area contributed by atoms with E-state index in [9.17, 15) is 75.6 Å². The zero-order valence-corrected chi connectivity index (χ0v) is 32.6. The van der Waals surface area contributed by atoms with Gasteiger partial charge in [0.15, 0.2) is 24.1 Å². The Balaban J connectivity index is 1.55. The molecule has 2 amide bonds. The smallest absolute Gasteiger partial charge is 0.364 e. The van der Waals surface area contributed by atoms with Crippen LogP contribution in [0, 0.1) is 10.1 Å². The van der Waals surface area contributed by atoms with Gasteiger partial charge >= 0.3 is 5.97 Å². The normalized spacial score (nSPS) is 35.5. The molecule has 3 heterocycles. The van der Waals surface area contributed by atoms with Gasteiger partial charge in [0.05, 0.1) is 69.3 Å². The summed E-state index contributed by atoms with van der Waals surface area (Å²) < 4.78 is 44.4. The highest BCUT2D eigenvalue weighted by Crippen LogP contribution is 2.37. The molecule has 0 aromatic heterocycles. The van der Waals surface area contributed by atoms with E-state index >= 15 is 0 Å². The number of carbonyl (C=O) groups is 3. The third-order valence-electron chi connectivity index (χ3n) is 10.0. The first-order valence-corrected chi connectivity index (χ1v) is 18.3. The minimum absolute atomic E-state index is 0.0371. The van der Waals surface area contributed by atoms with Gasteiger partial charge < -0.3 is 99.6 Å². The minimum Gasteiger partial charge on any atom is -0.493 e. The zero-order chi connectivity index (χ0) is 44.8. The monoisotopic (exact) mass is 869 g/mol. The largest absolute Gasteiger partial charge is 0.493 e. The third kappa shape index (κ3) is 10.7. The van der Waals surface area contributed by atoms with Gasteiger partial charge in [-0.25, -0.2) is 4.79 Å². The van der Waals surface area contributed by atoms with Gasteiger partial charge in [-0.1, -0.05) is 0 Å². The molecule has 0 saturated carbocycles. The van der Waals surface area contributed by atoms with Crippen LogP contribution in [-0.4, -0.2) is 205 Å². The van der Waals surface area contributed by atoms with E-state index in [4.69, 9.17) is 37.9 Å². The maximum atomic E-state index is 12.6. The number of hydrogen-bond acceptors (Lipinski definition) is 22. The van der Waals surface area contributed by atoms with E-state index in [0.717, 1.165) is 19.9 Å². The van der Waals surface area contributed by atoms with Crippen molar-refractivity contribution in [3.8, 4) is 11.5 Å². The molecule has 0 aliphatic carbocycles. The number of aliphatic hydroxyl groups excluding tert-OH is 9. The van der Waals surface area contributed by atoms with E-state index in [2.05, 4.69) is 10.6 Å². The fraction of sp³-hybridized carbons (Fsp3) is 0.735. The number of aliphatic carboxylic acids is 1. The lowest BCUT2D eigenvalue weighted by Gasteiger charge is -2.48. The molecule has 1 aromatic carbocycles. The Labute approximate surface area is 340 Å². The second-order valence-corrected chi connectivity index (χ2v) is 14.2. The summed E-state index contributed by atoms with van der Waals surface area (Å²) in [6, 6.07) is -0.723. The molecule has 0 spiro atoms. The third-order valence-corrected chi connectivity index (χ3v) is 10.0.